The molecule has 0 unspecified atom stereocenters. The molecular formula is C5H9N3O4. The maximum Gasteiger partial charge on any atom is 0.329 e. The van der Waals surface area contributed by atoms with Gasteiger partial charge in [0.05, 0.1) is 12.8 Å². The van der Waals surface area contributed by atoms with Crippen LogP contribution in [-0.4, -0.2) is 34.5 Å². The molecule has 0 aromatic rings. The molecule has 12 heavy (non-hydrogen) atoms. The summed E-state index contributed by atoms with van der Waals surface area (Å²) in [5, 5.41) is 16.6. The van der Waals surface area contributed by atoms with E-state index in [1.54, 1.807) is 0 Å². The molecule has 0 aromatic heterocycles. The fourth-order valence-electron chi connectivity index (χ4n) is 0.502. The summed E-state index contributed by atoms with van der Waals surface area (Å²) in [6.07, 6.45) is 0.370. The molecule has 0 fully saturated rings. The van der Waals surface area contributed by atoms with Gasteiger partial charge in [0.15, 0.2) is 6.04 Å². The summed E-state index contributed by atoms with van der Waals surface area (Å²) in [6.45, 7) is 0. The predicted molar refractivity (Wildman–Crippen MR) is 39.5 cm³/mol. The quantitative estimate of drug-likeness (QED) is 0.173. The lowest BCUT2D eigenvalue weighted by Gasteiger charge is -2.02. The molecule has 0 spiro atoms. The van der Waals surface area contributed by atoms with E-state index in [-0.39, 0.29) is 0 Å². The molecule has 0 aliphatic carbocycles. The number of aliphatic imine (C=N–C) groups is 1. The van der Waals surface area contributed by atoms with Crippen LogP contribution in [0.5, 0.6) is 0 Å². The Labute approximate surface area is 67.9 Å². The minimum atomic E-state index is -1.30. The minimum Gasteiger partial charge on any atom is -0.481 e. The van der Waals surface area contributed by atoms with E-state index in [4.69, 9.17) is 16.1 Å². The molecule has 68 valence electrons. The van der Waals surface area contributed by atoms with E-state index in [0.717, 1.165) is 6.34 Å². The molecule has 0 bridgehead atoms. The van der Waals surface area contributed by atoms with E-state index in [0.29, 0.717) is 0 Å². The predicted octanol–water partition coefficient (Wildman–Crippen LogP) is -1.59. The first-order valence-electron chi connectivity index (χ1n) is 3.00. The van der Waals surface area contributed by atoms with Crippen molar-refractivity contribution in [3.63, 3.8) is 0 Å². The van der Waals surface area contributed by atoms with Gasteiger partial charge in [-0.15, -0.1) is 0 Å². The monoisotopic (exact) mass is 175 g/mol. The van der Waals surface area contributed by atoms with Crippen molar-refractivity contribution in [3.05, 3.63) is 0 Å². The number of nitrogens with zero attached hydrogens (tertiary/aromatic N) is 1. The Hall–Kier alpha value is -1.63. The number of aliphatic carboxylic acids is 2. The van der Waals surface area contributed by atoms with Crippen molar-refractivity contribution in [2.24, 2.45) is 10.8 Å². The molecule has 0 saturated carbocycles. The van der Waals surface area contributed by atoms with Crippen molar-refractivity contribution in [2.75, 3.05) is 0 Å². The Morgan fingerprint density at radius 2 is 2.17 bits per heavy atom. The van der Waals surface area contributed by atoms with Gasteiger partial charge in [0.25, 0.3) is 0 Å². The van der Waals surface area contributed by atoms with Gasteiger partial charge in [-0.05, 0) is 0 Å². The molecule has 0 saturated heterocycles. The van der Waals surface area contributed by atoms with Crippen LogP contribution in [-0.2, 0) is 9.59 Å². The number of rotatable bonds is 5. The minimum absolute atomic E-state index is 0.562. The van der Waals surface area contributed by atoms with E-state index in [9.17, 15) is 9.59 Å². The lowest BCUT2D eigenvalue weighted by Crippen LogP contribution is -2.26. The fourth-order valence-corrected chi connectivity index (χ4v) is 0.502. The SMILES string of the molecule is NNC=N[C@@H](CC(=O)O)C(=O)O. The lowest BCUT2D eigenvalue weighted by atomic mass is 10.2. The average Bonchev–Trinajstić information content (AvgIpc) is 1.96. The Balaban J connectivity index is 4.14. The van der Waals surface area contributed by atoms with Crippen LogP contribution >= 0.6 is 0 Å². The summed E-state index contributed by atoms with van der Waals surface area (Å²) in [5.41, 5.74) is 1.98. The third-order valence-corrected chi connectivity index (χ3v) is 0.982. The molecule has 7 heteroatoms. The van der Waals surface area contributed by atoms with Gasteiger partial charge >= 0.3 is 11.9 Å². The van der Waals surface area contributed by atoms with E-state index in [1.807, 2.05) is 5.43 Å². The highest BCUT2D eigenvalue weighted by Crippen LogP contribution is 1.96. The number of nitrogens with one attached hydrogen (secondary N) is 1. The Kier molecular flexibility index (Phi) is 4.39. The zero-order valence-electron chi connectivity index (χ0n) is 6.10. The van der Waals surface area contributed by atoms with Crippen LogP contribution in [0, 0.1) is 0 Å². The largest absolute Gasteiger partial charge is 0.481 e. The Morgan fingerprint density at radius 3 is 2.50 bits per heavy atom. The number of nitrogens with two attached hydrogens (primary N) is 1. The highest BCUT2D eigenvalue weighted by atomic mass is 16.4. The summed E-state index contributed by atoms with van der Waals surface area (Å²) in [5.74, 6) is 2.24. The van der Waals surface area contributed by atoms with Crippen LogP contribution in [0.15, 0.2) is 4.99 Å². The lowest BCUT2D eigenvalue weighted by molar-refractivity contribution is -0.144. The van der Waals surface area contributed by atoms with Crippen molar-refractivity contribution in [1.29, 1.82) is 0 Å². The van der Waals surface area contributed by atoms with E-state index < -0.39 is 24.4 Å². The van der Waals surface area contributed by atoms with Gasteiger partial charge in [0.1, 0.15) is 0 Å². The van der Waals surface area contributed by atoms with Gasteiger partial charge in [-0.3, -0.25) is 9.79 Å². The zero-order valence-corrected chi connectivity index (χ0v) is 6.10. The summed E-state index contributed by atoms with van der Waals surface area (Å²) in [7, 11) is 0. The second-order valence-electron chi connectivity index (χ2n) is 1.90. The first-order chi connectivity index (χ1) is 5.57. The van der Waals surface area contributed by atoms with Crippen LogP contribution in [0.4, 0.5) is 0 Å². The molecule has 0 aliphatic rings. The van der Waals surface area contributed by atoms with Gasteiger partial charge in [-0.1, -0.05) is 0 Å². The van der Waals surface area contributed by atoms with Crippen LogP contribution in [0.1, 0.15) is 6.42 Å². The standard InChI is InChI=1S/C5H9N3O4/c6-8-2-7-3(5(11)12)1-4(9)10/h2-3H,1,6H2,(H,7,8)(H,9,10)(H,11,12)/t3-/m0/s1. The summed E-state index contributed by atoms with van der Waals surface area (Å²) in [4.78, 5) is 23.7. The molecule has 7 nitrogen and oxygen atoms in total. The van der Waals surface area contributed by atoms with Crippen molar-refractivity contribution in [3.8, 4) is 0 Å². The molecule has 0 heterocycles. The van der Waals surface area contributed by atoms with Gasteiger partial charge in [0.2, 0.25) is 0 Å². The maximum atomic E-state index is 10.3. The molecule has 1 atom stereocenters. The number of carbonyl (C=O) groups is 2. The smallest absolute Gasteiger partial charge is 0.329 e. The van der Waals surface area contributed by atoms with Crippen LogP contribution in [0.2, 0.25) is 0 Å². The molecule has 0 aliphatic heterocycles. The zero-order chi connectivity index (χ0) is 9.56. The van der Waals surface area contributed by atoms with Crippen LogP contribution in [0.25, 0.3) is 0 Å². The number of hydrogen-bond acceptors (Lipinski definition) is 4. The second kappa shape index (κ2) is 5.08. The second-order valence-corrected chi connectivity index (χ2v) is 1.90. The van der Waals surface area contributed by atoms with Gasteiger partial charge in [-0.25, -0.2) is 10.6 Å². The third-order valence-electron chi connectivity index (χ3n) is 0.982. The van der Waals surface area contributed by atoms with Crippen molar-refractivity contribution in [1.82, 2.24) is 5.43 Å². The summed E-state index contributed by atoms with van der Waals surface area (Å²) < 4.78 is 0. The maximum absolute atomic E-state index is 10.3. The summed E-state index contributed by atoms with van der Waals surface area (Å²) in [6, 6.07) is -1.29. The first-order valence-corrected chi connectivity index (χ1v) is 3.00. The summed E-state index contributed by atoms with van der Waals surface area (Å²) >= 11 is 0. The molecule has 0 aromatic carbocycles. The average molecular weight is 175 g/mol. The van der Waals surface area contributed by atoms with Crippen LogP contribution in [0.3, 0.4) is 0 Å². The third kappa shape index (κ3) is 4.23. The normalized spacial score (nSPS) is 12.8. The number of carboxylic acids is 2. The van der Waals surface area contributed by atoms with Gasteiger partial charge in [-0.2, -0.15) is 0 Å². The topological polar surface area (TPSA) is 125 Å². The van der Waals surface area contributed by atoms with Gasteiger partial charge in [0, 0.05) is 0 Å². The molecule has 5 N–H and O–H groups in total. The van der Waals surface area contributed by atoms with Crippen molar-refractivity contribution < 1.29 is 19.8 Å². The van der Waals surface area contributed by atoms with Crippen LogP contribution < -0.4 is 11.3 Å². The molecule has 0 amide bonds. The number of hydrazine groups is 1. The molecular weight excluding hydrogens is 166 g/mol. The first kappa shape index (κ1) is 10.4. The highest BCUT2D eigenvalue weighted by molar-refractivity contribution is 5.81. The Bertz CT molecular complexity index is 203. The number of carboxylic acid groups (broad SMARTS) is 2. The van der Waals surface area contributed by atoms with E-state index in [2.05, 4.69) is 4.99 Å². The van der Waals surface area contributed by atoms with Crippen molar-refractivity contribution in [2.45, 2.75) is 12.5 Å². The highest BCUT2D eigenvalue weighted by Gasteiger charge is 2.18. The molecule has 0 rings (SSSR count). The Morgan fingerprint density at radius 1 is 1.58 bits per heavy atom. The van der Waals surface area contributed by atoms with E-state index >= 15 is 0 Å². The molecule has 0 radical (unpaired) electrons. The fraction of sp³-hybridized carbons (Fsp3) is 0.400. The van der Waals surface area contributed by atoms with Gasteiger partial charge < -0.3 is 15.6 Å². The van der Waals surface area contributed by atoms with E-state index in [1.165, 1.54) is 0 Å². The number of hydrogen-bond donors (Lipinski definition) is 4. The van der Waals surface area contributed by atoms with Crippen molar-refractivity contribution >= 4 is 18.3 Å².